The molecule has 1 saturated heterocycles. The summed E-state index contributed by atoms with van der Waals surface area (Å²) in [6.45, 7) is 4.70. The summed E-state index contributed by atoms with van der Waals surface area (Å²) in [5.41, 5.74) is 1.15. The minimum Gasteiger partial charge on any atom is -0.462 e. The Morgan fingerprint density at radius 2 is 2.12 bits per heavy atom. The Bertz CT molecular complexity index is 622. The van der Waals surface area contributed by atoms with Gasteiger partial charge in [-0.05, 0) is 50.1 Å². The molecule has 1 unspecified atom stereocenters. The number of hydrogen-bond acceptors (Lipinski definition) is 5. The second-order valence-electron chi connectivity index (χ2n) is 6.25. The molecule has 0 radical (unpaired) electrons. The van der Waals surface area contributed by atoms with Gasteiger partial charge in [-0.3, -0.25) is 4.79 Å². The third kappa shape index (κ3) is 5.87. The molecule has 0 saturated carbocycles. The number of piperidine rings is 1. The average Bonchev–Trinajstić information content (AvgIpc) is 2.65. The summed E-state index contributed by atoms with van der Waals surface area (Å²) in [5, 5.41) is 11.6. The van der Waals surface area contributed by atoms with Crippen LogP contribution in [-0.4, -0.2) is 43.0 Å². The van der Waals surface area contributed by atoms with Gasteiger partial charge in [0.25, 0.3) is 0 Å². The van der Waals surface area contributed by atoms with Crippen molar-refractivity contribution in [2.75, 3.05) is 31.6 Å². The van der Waals surface area contributed by atoms with Gasteiger partial charge in [0.1, 0.15) is 0 Å². The highest BCUT2D eigenvalue weighted by Crippen LogP contribution is 2.19. The Morgan fingerprint density at radius 3 is 2.80 bits per heavy atom. The van der Waals surface area contributed by atoms with Crippen molar-refractivity contribution in [2.45, 2.75) is 32.6 Å². The van der Waals surface area contributed by atoms with Gasteiger partial charge in [-0.25, -0.2) is 4.79 Å². The van der Waals surface area contributed by atoms with E-state index in [0.29, 0.717) is 30.8 Å². The molecular weight excluding hydrogens is 318 g/mol. The molecule has 1 aromatic rings. The van der Waals surface area contributed by atoms with Crippen molar-refractivity contribution < 1.29 is 14.3 Å². The number of benzene rings is 1. The quantitative estimate of drug-likeness (QED) is 0.770. The monoisotopic (exact) mass is 343 g/mol. The van der Waals surface area contributed by atoms with E-state index in [-0.39, 0.29) is 17.8 Å². The molecule has 6 heteroatoms. The molecule has 25 heavy (non-hydrogen) atoms. The number of ether oxygens (including phenoxy) is 1. The lowest BCUT2D eigenvalue weighted by Gasteiger charge is -2.31. The second-order valence-corrected chi connectivity index (χ2v) is 6.25. The van der Waals surface area contributed by atoms with Crippen molar-refractivity contribution in [3.05, 3.63) is 29.8 Å². The fraction of sp³-hybridized carbons (Fsp3) is 0.526. The van der Waals surface area contributed by atoms with Crippen LogP contribution >= 0.6 is 0 Å². The number of esters is 1. The van der Waals surface area contributed by atoms with Gasteiger partial charge in [0, 0.05) is 25.2 Å². The lowest BCUT2D eigenvalue weighted by molar-refractivity contribution is -0.121. The van der Waals surface area contributed by atoms with Gasteiger partial charge in [-0.2, -0.15) is 5.26 Å². The Morgan fingerprint density at radius 1 is 1.36 bits per heavy atom. The van der Waals surface area contributed by atoms with Crippen LogP contribution in [0.4, 0.5) is 5.69 Å². The first-order valence-corrected chi connectivity index (χ1v) is 8.81. The van der Waals surface area contributed by atoms with Crippen LogP contribution in [0.5, 0.6) is 0 Å². The summed E-state index contributed by atoms with van der Waals surface area (Å²) in [5.74, 6) is -0.426. The first-order chi connectivity index (χ1) is 12.1. The molecule has 1 aliphatic rings. The van der Waals surface area contributed by atoms with E-state index in [2.05, 4.69) is 16.3 Å². The van der Waals surface area contributed by atoms with Crippen molar-refractivity contribution >= 4 is 17.6 Å². The van der Waals surface area contributed by atoms with Gasteiger partial charge in [0.2, 0.25) is 5.91 Å². The van der Waals surface area contributed by atoms with E-state index in [4.69, 9.17) is 10.00 Å². The highest BCUT2D eigenvalue weighted by Gasteiger charge is 2.25. The molecule has 0 bridgehead atoms. The SMILES string of the molecule is CCCOC(=O)c1ccc(NC(=O)C2CCCN(CCC#N)C2)cc1. The molecule has 134 valence electrons. The largest absolute Gasteiger partial charge is 0.462 e. The highest BCUT2D eigenvalue weighted by molar-refractivity contribution is 5.94. The van der Waals surface area contributed by atoms with Crippen molar-refractivity contribution in [2.24, 2.45) is 5.92 Å². The number of nitrogens with zero attached hydrogens (tertiary/aromatic N) is 2. The van der Waals surface area contributed by atoms with Crippen LogP contribution in [0.3, 0.4) is 0 Å². The van der Waals surface area contributed by atoms with Gasteiger partial charge in [-0.15, -0.1) is 0 Å². The third-order valence-electron chi connectivity index (χ3n) is 4.24. The topological polar surface area (TPSA) is 82.4 Å². The lowest BCUT2D eigenvalue weighted by Crippen LogP contribution is -2.41. The number of likely N-dealkylation sites (tertiary alicyclic amines) is 1. The molecule has 1 heterocycles. The third-order valence-corrected chi connectivity index (χ3v) is 4.24. The molecule has 0 spiro atoms. The van der Waals surface area contributed by atoms with Crippen LogP contribution in [0.2, 0.25) is 0 Å². The number of amides is 1. The summed E-state index contributed by atoms with van der Waals surface area (Å²) in [6.07, 6.45) is 3.10. The molecule has 1 atom stereocenters. The zero-order valence-electron chi connectivity index (χ0n) is 14.7. The van der Waals surface area contributed by atoms with Crippen molar-refractivity contribution in [1.82, 2.24) is 4.90 Å². The van der Waals surface area contributed by atoms with E-state index >= 15 is 0 Å². The molecule has 1 amide bonds. The number of anilines is 1. The summed E-state index contributed by atoms with van der Waals surface area (Å²) < 4.78 is 5.08. The fourth-order valence-electron chi connectivity index (χ4n) is 2.89. The summed E-state index contributed by atoms with van der Waals surface area (Å²) in [6, 6.07) is 8.90. The normalized spacial score (nSPS) is 17.5. The van der Waals surface area contributed by atoms with E-state index < -0.39 is 0 Å². The van der Waals surface area contributed by atoms with Gasteiger partial charge in [0.15, 0.2) is 0 Å². The Labute approximate surface area is 148 Å². The first kappa shape index (κ1) is 18.9. The van der Waals surface area contributed by atoms with Crippen molar-refractivity contribution in [1.29, 1.82) is 5.26 Å². The van der Waals surface area contributed by atoms with Crippen LogP contribution in [0.15, 0.2) is 24.3 Å². The number of nitriles is 1. The molecule has 0 aromatic heterocycles. The predicted molar refractivity (Wildman–Crippen MR) is 95.0 cm³/mol. The Kier molecular flexibility index (Phi) is 7.42. The molecular formula is C19H25N3O3. The Hall–Kier alpha value is -2.39. The number of carbonyl (C=O) groups is 2. The molecule has 1 fully saturated rings. The molecule has 2 rings (SSSR count). The maximum Gasteiger partial charge on any atom is 0.338 e. The van der Waals surface area contributed by atoms with E-state index in [1.54, 1.807) is 24.3 Å². The first-order valence-electron chi connectivity index (χ1n) is 8.81. The number of nitrogens with one attached hydrogen (secondary N) is 1. The van der Waals surface area contributed by atoms with Crippen molar-refractivity contribution in [3.63, 3.8) is 0 Å². The molecule has 1 aliphatic heterocycles. The highest BCUT2D eigenvalue weighted by atomic mass is 16.5. The minimum atomic E-state index is -0.347. The van der Waals surface area contributed by atoms with Crippen LogP contribution in [-0.2, 0) is 9.53 Å². The fourth-order valence-corrected chi connectivity index (χ4v) is 2.89. The Balaban J connectivity index is 1.87. The molecule has 0 aliphatic carbocycles. The maximum atomic E-state index is 12.5. The van der Waals surface area contributed by atoms with E-state index in [9.17, 15) is 9.59 Å². The standard InChI is InChI=1S/C19H25N3O3/c1-2-13-25-19(24)15-6-8-17(9-7-15)21-18(23)16-5-3-11-22(14-16)12-4-10-20/h6-9,16H,2-5,11-14H2,1H3,(H,21,23). The summed E-state index contributed by atoms with van der Waals surface area (Å²) in [4.78, 5) is 26.4. The lowest BCUT2D eigenvalue weighted by atomic mass is 9.97. The molecule has 1 N–H and O–H groups in total. The maximum absolute atomic E-state index is 12.5. The second kappa shape index (κ2) is 9.80. The summed E-state index contributed by atoms with van der Waals surface area (Å²) >= 11 is 0. The zero-order chi connectivity index (χ0) is 18.1. The molecule has 1 aromatic carbocycles. The van der Waals surface area contributed by atoms with E-state index in [1.807, 2.05) is 6.92 Å². The zero-order valence-corrected chi connectivity index (χ0v) is 14.7. The van der Waals surface area contributed by atoms with Crippen LogP contribution in [0.1, 0.15) is 43.0 Å². The van der Waals surface area contributed by atoms with Gasteiger partial charge < -0.3 is 15.0 Å². The van der Waals surface area contributed by atoms with Gasteiger partial charge >= 0.3 is 5.97 Å². The van der Waals surface area contributed by atoms with Crippen LogP contribution in [0.25, 0.3) is 0 Å². The van der Waals surface area contributed by atoms with Gasteiger partial charge in [-0.1, -0.05) is 6.92 Å². The van der Waals surface area contributed by atoms with E-state index in [0.717, 1.165) is 32.4 Å². The average molecular weight is 343 g/mol. The smallest absolute Gasteiger partial charge is 0.338 e. The van der Waals surface area contributed by atoms with Crippen LogP contribution in [0, 0.1) is 17.2 Å². The van der Waals surface area contributed by atoms with Crippen LogP contribution < -0.4 is 5.32 Å². The predicted octanol–water partition coefficient (Wildman–Crippen LogP) is 2.82. The number of hydrogen-bond donors (Lipinski definition) is 1. The number of carbonyl (C=O) groups excluding carboxylic acids is 2. The van der Waals surface area contributed by atoms with E-state index in [1.165, 1.54) is 0 Å². The number of rotatable bonds is 7. The summed E-state index contributed by atoms with van der Waals surface area (Å²) in [7, 11) is 0. The minimum absolute atomic E-state index is 0.0111. The molecule has 6 nitrogen and oxygen atoms in total. The van der Waals surface area contributed by atoms with Gasteiger partial charge in [0.05, 0.1) is 24.2 Å². The van der Waals surface area contributed by atoms with Crippen molar-refractivity contribution in [3.8, 4) is 6.07 Å².